The second-order valence-electron chi connectivity index (χ2n) is 5.38. The molecule has 0 aromatic heterocycles. The SMILES string of the molecule is COc1cc(C(=O)NCC(=O)Nc2ccc(Br)cc2C)cc(Cl)c1OC. The molecule has 6 nitrogen and oxygen atoms in total. The Hall–Kier alpha value is -2.25. The van der Waals surface area contributed by atoms with E-state index in [0.717, 1.165) is 10.0 Å². The van der Waals surface area contributed by atoms with E-state index in [1.165, 1.54) is 26.4 Å². The molecule has 8 heteroatoms. The lowest BCUT2D eigenvalue weighted by molar-refractivity contribution is -0.115. The van der Waals surface area contributed by atoms with Gasteiger partial charge in [-0.2, -0.15) is 0 Å². The number of anilines is 1. The highest BCUT2D eigenvalue weighted by Crippen LogP contribution is 2.35. The van der Waals surface area contributed by atoms with Crippen LogP contribution in [0, 0.1) is 6.92 Å². The maximum absolute atomic E-state index is 12.3. The van der Waals surface area contributed by atoms with E-state index in [4.69, 9.17) is 21.1 Å². The summed E-state index contributed by atoms with van der Waals surface area (Å²) >= 11 is 9.46. The van der Waals surface area contributed by atoms with Gasteiger partial charge in [0, 0.05) is 15.7 Å². The van der Waals surface area contributed by atoms with Crippen molar-refractivity contribution in [3.05, 3.63) is 51.0 Å². The summed E-state index contributed by atoms with van der Waals surface area (Å²) in [5, 5.41) is 5.54. The Morgan fingerprint density at radius 3 is 2.50 bits per heavy atom. The number of amides is 2. The van der Waals surface area contributed by atoms with Crippen LogP contribution in [-0.4, -0.2) is 32.6 Å². The van der Waals surface area contributed by atoms with Crippen LogP contribution in [0.5, 0.6) is 11.5 Å². The number of carbonyl (C=O) groups excluding carboxylic acids is 2. The molecule has 0 fully saturated rings. The average Bonchev–Trinajstić information content (AvgIpc) is 2.61. The Balaban J connectivity index is 2.02. The van der Waals surface area contributed by atoms with Gasteiger partial charge >= 0.3 is 0 Å². The summed E-state index contributed by atoms with van der Waals surface area (Å²) in [5.74, 6) is -0.111. The molecule has 0 aliphatic rings. The largest absolute Gasteiger partial charge is 0.493 e. The van der Waals surface area contributed by atoms with Gasteiger partial charge < -0.3 is 20.1 Å². The third-order valence-electron chi connectivity index (χ3n) is 3.57. The molecule has 0 saturated carbocycles. The average molecular weight is 442 g/mol. The Morgan fingerprint density at radius 2 is 1.88 bits per heavy atom. The summed E-state index contributed by atoms with van der Waals surface area (Å²) in [7, 11) is 2.90. The molecule has 2 amide bonds. The van der Waals surface area contributed by atoms with Gasteiger partial charge in [-0.3, -0.25) is 9.59 Å². The fourth-order valence-corrected chi connectivity index (χ4v) is 3.04. The quantitative estimate of drug-likeness (QED) is 0.715. The number of aryl methyl sites for hydroxylation is 1. The van der Waals surface area contributed by atoms with Gasteiger partial charge in [-0.1, -0.05) is 27.5 Å². The third kappa shape index (κ3) is 4.89. The van der Waals surface area contributed by atoms with E-state index in [2.05, 4.69) is 26.6 Å². The van der Waals surface area contributed by atoms with Crippen molar-refractivity contribution in [3.63, 3.8) is 0 Å². The number of halogens is 2. The van der Waals surface area contributed by atoms with Crippen LogP contribution in [0.4, 0.5) is 5.69 Å². The topological polar surface area (TPSA) is 76.7 Å². The van der Waals surface area contributed by atoms with Gasteiger partial charge in [0.05, 0.1) is 25.8 Å². The molecule has 0 unspecified atom stereocenters. The minimum atomic E-state index is -0.449. The predicted octanol–water partition coefficient (Wildman–Crippen LogP) is 3.80. The fraction of sp³-hybridized carbons (Fsp3) is 0.222. The van der Waals surface area contributed by atoms with Gasteiger partial charge in [0.25, 0.3) is 5.91 Å². The lowest BCUT2D eigenvalue weighted by Gasteiger charge is -2.12. The molecule has 0 aliphatic carbocycles. The van der Waals surface area contributed by atoms with Gasteiger partial charge in [-0.15, -0.1) is 0 Å². The van der Waals surface area contributed by atoms with E-state index in [1.807, 2.05) is 19.1 Å². The van der Waals surface area contributed by atoms with Crippen LogP contribution in [0.3, 0.4) is 0 Å². The lowest BCUT2D eigenvalue weighted by Crippen LogP contribution is -2.33. The molecule has 0 radical (unpaired) electrons. The maximum atomic E-state index is 12.3. The second kappa shape index (κ2) is 8.91. The molecule has 0 atom stereocenters. The Bertz CT molecular complexity index is 842. The molecule has 0 bridgehead atoms. The van der Waals surface area contributed by atoms with Crippen LogP contribution in [-0.2, 0) is 4.79 Å². The summed E-state index contributed by atoms with van der Waals surface area (Å²) in [4.78, 5) is 24.3. The number of benzene rings is 2. The van der Waals surface area contributed by atoms with E-state index in [-0.39, 0.29) is 23.0 Å². The lowest BCUT2D eigenvalue weighted by atomic mass is 10.2. The molecular formula is C18H18BrClN2O4. The Morgan fingerprint density at radius 1 is 1.15 bits per heavy atom. The van der Waals surface area contributed by atoms with Crippen molar-refractivity contribution in [2.45, 2.75) is 6.92 Å². The van der Waals surface area contributed by atoms with Crippen LogP contribution >= 0.6 is 27.5 Å². The van der Waals surface area contributed by atoms with Crippen molar-refractivity contribution < 1.29 is 19.1 Å². The van der Waals surface area contributed by atoms with Gasteiger partial charge in [0.2, 0.25) is 5.91 Å². The first kappa shape index (κ1) is 20.1. The summed E-state index contributed by atoms with van der Waals surface area (Å²) in [6.45, 7) is 1.70. The van der Waals surface area contributed by atoms with Crippen molar-refractivity contribution >= 4 is 45.0 Å². The van der Waals surface area contributed by atoms with Crippen molar-refractivity contribution in [1.29, 1.82) is 0 Å². The van der Waals surface area contributed by atoms with E-state index >= 15 is 0 Å². The predicted molar refractivity (Wildman–Crippen MR) is 104 cm³/mol. The standard InChI is InChI=1S/C18H18BrClN2O4/c1-10-6-12(19)4-5-14(10)22-16(23)9-21-18(24)11-7-13(20)17(26-3)15(8-11)25-2/h4-8H,9H2,1-3H3,(H,21,24)(H,22,23). The van der Waals surface area contributed by atoms with Crippen molar-refractivity contribution in [2.75, 3.05) is 26.1 Å². The molecule has 2 aromatic carbocycles. The summed E-state index contributed by atoms with van der Waals surface area (Å²) in [6, 6.07) is 8.45. The van der Waals surface area contributed by atoms with Gasteiger partial charge in [0.15, 0.2) is 11.5 Å². The fourth-order valence-electron chi connectivity index (χ4n) is 2.27. The summed E-state index contributed by atoms with van der Waals surface area (Å²) < 4.78 is 11.2. The molecule has 26 heavy (non-hydrogen) atoms. The molecule has 2 aromatic rings. The number of nitrogens with one attached hydrogen (secondary N) is 2. The minimum absolute atomic E-state index is 0.180. The first-order valence-corrected chi connectivity index (χ1v) is 8.78. The Kier molecular flexibility index (Phi) is 6.88. The third-order valence-corrected chi connectivity index (χ3v) is 4.34. The molecule has 0 heterocycles. The normalized spacial score (nSPS) is 10.2. The number of methoxy groups -OCH3 is 2. The second-order valence-corrected chi connectivity index (χ2v) is 6.71. The summed E-state index contributed by atoms with van der Waals surface area (Å²) in [5.41, 5.74) is 1.85. The maximum Gasteiger partial charge on any atom is 0.251 e. The first-order chi connectivity index (χ1) is 12.3. The molecule has 138 valence electrons. The molecule has 2 rings (SSSR count). The van der Waals surface area contributed by atoms with Gasteiger partial charge in [0.1, 0.15) is 0 Å². The van der Waals surface area contributed by atoms with Crippen LogP contribution in [0.2, 0.25) is 5.02 Å². The van der Waals surface area contributed by atoms with Gasteiger partial charge in [-0.05, 0) is 42.8 Å². The van der Waals surface area contributed by atoms with Crippen LogP contribution in [0.15, 0.2) is 34.8 Å². The van der Waals surface area contributed by atoms with E-state index in [0.29, 0.717) is 17.2 Å². The van der Waals surface area contributed by atoms with Gasteiger partial charge in [-0.25, -0.2) is 0 Å². The van der Waals surface area contributed by atoms with Crippen LogP contribution < -0.4 is 20.1 Å². The number of carbonyl (C=O) groups is 2. The minimum Gasteiger partial charge on any atom is -0.493 e. The number of ether oxygens (including phenoxy) is 2. The highest BCUT2D eigenvalue weighted by atomic mass is 79.9. The molecule has 0 saturated heterocycles. The van der Waals surface area contributed by atoms with E-state index in [1.54, 1.807) is 6.07 Å². The van der Waals surface area contributed by atoms with E-state index in [9.17, 15) is 9.59 Å². The van der Waals surface area contributed by atoms with Crippen molar-refractivity contribution in [1.82, 2.24) is 5.32 Å². The van der Waals surface area contributed by atoms with Crippen molar-refractivity contribution in [3.8, 4) is 11.5 Å². The number of hydrogen-bond donors (Lipinski definition) is 2. The monoisotopic (exact) mass is 440 g/mol. The van der Waals surface area contributed by atoms with E-state index < -0.39 is 5.91 Å². The highest BCUT2D eigenvalue weighted by Gasteiger charge is 2.16. The zero-order valence-corrected chi connectivity index (χ0v) is 16.8. The zero-order valence-electron chi connectivity index (χ0n) is 14.5. The molecular weight excluding hydrogens is 424 g/mol. The molecule has 0 aliphatic heterocycles. The van der Waals surface area contributed by atoms with Crippen LogP contribution in [0.1, 0.15) is 15.9 Å². The number of rotatable bonds is 6. The van der Waals surface area contributed by atoms with Crippen molar-refractivity contribution in [2.24, 2.45) is 0 Å². The smallest absolute Gasteiger partial charge is 0.251 e. The number of hydrogen-bond acceptors (Lipinski definition) is 4. The molecule has 2 N–H and O–H groups in total. The summed E-state index contributed by atoms with van der Waals surface area (Å²) in [6.07, 6.45) is 0. The van der Waals surface area contributed by atoms with Crippen LogP contribution in [0.25, 0.3) is 0 Å². The zero-order chi connectivity index (χ0) is 19.3. The Labute approximate surface area is 164 Å². The highest BCUT2D eigenvalue weighted by molar-refractivity contribution is 9.10. The molecule has 0 spiro atoms. The first-order valence-electron chi connectivity index (χ1n) is 7.61.